The molecule has 3 rings (SSSR count). The SMILES string of the molecule is CC1c2cccn2CCN1C(=O)c1ccc(Cl)o1. The smallest absolute Gasteiger partial charge is 0.290 e. The number of carbonyl (C=O) groups is 1. The first-order valence-corrected chi connectivity index (χ1v) is 6.26. The Balaban J connectivity index is 1.88. The summed E-state index contributed by atoms with van der Waals surface area (Å²) >= 11 is 5.70. The van der Waals surface area contributed by atoms with Gasteiger partial charge in [0.2, 0.25) is 0 Å². The number of halogens is 1. The van der Waals surface area contributed by atoms with E-state index >= 15 is 0 Å². The fraction of sp³-hybridized carbons (Fsp3) is 0.308. The van der Waals surface area contributed by atoms with Crippen LogP contribution >= 0.6 is 11.6 Å². The highest BCUT2D eigenvalue weighted by atomic mass is 35.5. The van der Waals surface area contributed by atoms with Crippen LogP contribution in [0.5, 0.6) is 0 Å². The molecule has 0 aliphatic carbocycles. The van der Waals surface area contributed by atoms with Gasteiger partial charge >= 0.3 is 0 Å². The zero-order chi connectivity index (χ0) is 12.7. The molecular weight excluding hydrogens is 252 g/mol. The third-order valence-electron chi connectivity index (χ3n) is 3.39. The van der Waals surface area contributed by atoms with Crippen LogP contribution in [0.4, 0.5) is 0 Å². The monoisotopic (exact) mass is 264 g/mol. The lowest BCUT2D eigenvalue weighted by molar-refractivity contribution is 0.0611. The second kappa shape index (κ2) is 4.21. The van der Waals surface area contributed by atoms with E-state index in [0.29, 0.717) is 12.3 Å². The quantitative estimate of drug-likeness (QED) is 0.794. The van der Waals surface area contributed by atoms with Crippen molar-refractivity contribution in [3.8, 4) is 0 Å². The minimum atomic E-state index is -0.109. The Morgan fingerprint density at radius 2 is 2.22 bits per heavy atom. The van der Waals surface area contributed by atoms with Gasteiger partial charge in [0.25, 0.3) is 5.91 Å². The van der Waals surface area contributed by atoms with E-state index < -0.39 is 0 Å². The van der Waals surface area contributed by atoms with Gasteiger partial charge in [0.15, 0.2) is 11.0 Å². The zero-order valence-electron chi connectivity index (χ0n) is 9.97. The predicted molar refractivity (Wildman–Crippen MR) is 67.6 cm³/mol. The van der Waals surface area contributed by atoms with Gasteiger partial charge in [-0.05, 0) is 42.8 Å². The number of hydrogen-bond donors (Lipinski definition) is 0. The Morgan fingerprint density at radius 3 is 2.94 bits per heavy atom. The molecule has 0 spiro atoms. The molecule has 4 nitrogen and oxygen atoms in total. The summed E-state index contributed by atoms with van der Waals surface area (Å²) in [7, 11) is 0. The van der Waals surface area contributed by atoms with Crippen molar-refractivity contribution in [2.45, 2.75) is 19.5 Å². The first-order chi connectivity index (χ1) is 8.66. The van der Waals surface area contributed by atoms with E-state index in [1.54, 1.807) is 12.1 Å². The van der Waals surface area contributed by atoms with E-state index in [1.165, 1.54) is 0 Å². The highest BCUT2D eigenvalue weighted by Crippen LogP contribution is 2.27. The van der Waals surface area contributed by atoms with E-state index in [0.717, 1.165) is 12.2 Å². The summed E-state index contributed by atoms with van der Waals surface area (Å²) < 4.78 is 7.35. The van der Waals surface area contributed by atoms with Crippen LogP contribution in [0.2, 0.25) is 5.22 Å². The summed E-state index contributed by atoms with van der Waals surface area (Å²) in [5.74, 6) is 0.189. The average Bonchev–Trinajstić information content (AvgIpc) is 2.97. The standard InChI is InChI=1S/C13H13ClN2O2/c1-9-10-3-2-6-15(10)7-8-16(9)13(17)11-4-5-12(14)18-11/h2-6,9H,7-8H2,1H3. The first-order valence-electron chi connectivity index (χ1n) is 5.88. The van der Waals surface area contributed by atoms with Gasteiger partial charge in [0.1, 0.15) is 0 Å². The summed E-state index contributed by atoms with van der Waals surface area (Å²) in [5, 5.41) is 0.242. The van der Waals surface area contributed by atoms with E-state index in [1.807, 2.05) is 30.2 Å². The zero-order valence-corrected chi connectivity index (χ0v) is 10.7. The molecule has 5 heteroatoms. The number of fused-ring (bicyclic) bond motifs is 1. The Labute approximate surface area is 110 Å². The summed E-state index contributed by atoms with van der Waals surface area (Å²) in [4.78, 5) is 14.1. The molecule has 1 atom stereocenters. The van der Waals surface area contributed by atoms with Gasteiger partial charge in [-0.15, -0.1) is 0 Å². The van der Waals surface area contributed by atoms with Crippen LogP contribution < -0.4 is 0 Å². The van der Waals surface area contributed by atoms with Crippen molar-refractivity contribution < 1.29 is 9.21 Å². The molecule has 1 amide bonds. The van der Waals surface area contributed by atoms with Gasteiger partial charge in [-0.25, -0.2) is 0 Å². The van der Waals surface area contributed by atoms with Crippen molar-refractivity contribution in [2.75, 3.05) is 6.54 Å². The molecule has 1 unspecified atom stereocenters. The molecule has 0 saturated heterocycles. The molecule has 0 radical (unpaired) electrons. The number of carbonyl (C=O) groups excluding carboxylic acids is 1. The van der Waals surface area contributed by atoms with E-state index in [2.05, 4.69) is 4.57 Å². The average molecular weight is 265 g/mol. The molecule has 0 aromatic carbocycles. The van der Waals surface area contributed by atoms with Gasteiger partial charge in [0.05, 0.1) is 6.04 Å². The lowest BCUT2D eigenvalue weighted by atomic mass is 10.1. The van der Waals surface area contributed by atoms with Crippen molar-refractivity contribution in [2.24, 2.45) is 0 Å². The van der Waals surface area contributed by atoms with Crippen LogP contribution in [0.15, 0.2) is 34.9 Å². The third kappa shape index (κ3) is 1.73. The van der Waals surface area contributed by atoms with Gasteiger partial charge in [0, 0.05) is 25.0 Å². The van der Waals surface area contributed by atoms with Crippen LogP contribution in [0.3, 0.4) is 0 Å². The molecule has 2 aromatic rings. The van der Waals surface area contributed by atoms with Crippen molar-refractivity contribution >= 4 is 17.5 Å². The predicted octanol–water partition coefficient (Wildman–Crippen LogP) is 2.95. The molecule has 0 fully saturated rings. The number of nitrogens with zero attached hydrogens (tertiary/aromatic N) is 2. The molecule has 1 aliphatic heterocycles. The van der Waals surface area contributed by atoms with Crippen LogP contribution in [0.25, 0.3) is 0 Å². The number of amides is 1. The second-order valence-corrected chi connectivity index (χ2v) is 4.78. The molecule has 0 N–H and O–H groups in total. The molecule has 0 saturated carbocycles. The molecule has 18 heavy (non-hydrogen) atoms. The van der Waals surface area contributed by atoms with Gasteiger partial charge in [-0.2, -0.15) is 0 Å². The minimum Gasteiger partial charge on any atom is -0.440 e. The van der Waals surface area contributed by atoms with Gasteiger partial charge in [-0.3, -0.25) is 4.79 Å². The number of rotatable bonds is 1. The molecular formula is C13H13ClN2O2. The van der Waals surface area contributed by atoms with Crippen LogP contribution in [0.1, 0.15) is 29.2 Å². The molecule has 94 valence electrons. The molecule has 3 heterocycles. The Morgan fingerprint density at radius 1 is 1.39 bits per heavy atom. The van der Waals surface area contributed by atoms with E-state index in [-0.39, 0.29) is 17.2 Å². The van der Waals surface area contributed by atoms with Crippen LogP contribution in [-0.4, -0.2) is 21.9 Å². The Kier molecular flexibility index (Phi) is 2.67. The van der Waals surface area contributed by atoms with Crippen molar-refractivity contribution in [1.29, 1.82) is 0 Å². The lowest BCUT2D eigenvalue weighted by Crippen LogP contribution is -2.40. The normalized spacial score (nSPS) is 18.8. The highest BCUT2D eigenvalue weighted by Gasteiger charge is 2.29. The lowest BCUT2D eigenvalue weighted by Gasteiger charge is -2.34. The first kappa shape index (κ1) is 11.4. The minimum absolute atomic E-state index is 0.0464. The Bertz CT molecular complexity index is 587. The number of hydrogen-bond acceptors (Lipinski definition) is 2. The maximum atomic E-state index is 12.3. The van der Waals surface area contributed by atoms with Crippen molar-refractivity contribution in [1.82, 2.24) is 9.47 Å². The maximum absolute atomic E-state index is 12.3. The topological polar surface area (TPSA) is 38.4 Å². The maximum Gasteiger partial charge on any atom is 0.290 e. The molecule has 1 aliphatic rings. The van der Waals surface area contributed by atoms with Crippen molar-refractivity contribution in [3.63, 3.8) is 0 Å². The Hall–Kier alpha value is -1.68. The number of furan rings is 1. The summed E-state index contributed by atoms with van der Waals surface area (Å²) in [6.45, 7) is 3.51. The van der Waals surface area contributed by atoms with E-state index in [4.69, 9.17) is 16.0 Å². The summed E-state index contributed by atoms with van der Waals surface area (Å²) in [6, 6.07) is 7.30. The third-order valence-corrected chi connectivity index (χ3v) is 3.59. The fourth-order valence-electron chi connectivity index (χ4n) is 2.43. The van der Waals surface area contributed by atoms with Crippen molar-refractivity contribution in [3.05, 3.63) is 47.1 Å². The fourth-order valence-corrected chi connectivity index (χ4v) is 2.57. The highest BCUT2D eigenvalue weighted by molar-refractivity contribution is 6.29. The second-order valence-electron chi connectivity index (χ2n) is 4.40. The van der Waals surface area contributed by atoms with E-state index in [9.17, 15) is 4.79 Å². The van der Waals surface area contributed by atoms with Gasteiger partial charge in [-0.1, -0.05) is 0 Å². The summed E-state index contributed by atoms with van der Waals surface area (Å²) in [5.41, 5.74) is 1.15. The van der Waals surface area contributed by atoms with Crippen LogP contribution in [-0.2, 0) is 6.54 Å². The molecule has 0 bridgehead atoms. The molecule has 2 aromatic heterocycles. The number of aromatic nitrogens is 1. The van der Waals surface area contributed by atoms with Crippen LogP contribution in [0, 0.1) is 0 Å². The largest absolute Gasteiger partial charge is 0.440 e. The summed E-state index contributed by atoms with van der Waals surface area (Å²) in [6.07, 6.45) is 2.04. The van der Waals surface area contributed by atoms with Gasteiger partial charge < -0.3 is 13.9 Å².